The molecule has 0 rings (SSSR count). The van der Waals surface area contributed by atoms with Crippen LogP contribution in [0.4, 0.5) is 0 Å². The van der Waals surface area contributed by atoms with Gasteiger partial charge >= 0.3 is 39.5 Å². The second kappa shape index (κ2) is 78.3. The predicted molar refractivity (Wildman–Crippen MR) is 436 cm³/mol. The summed E-state index contributed by atoms with van der Waals surface area (Å²) in [7, 11) is -10.00. The van der Waals surface area contributed by atoms with Gasteiger partial charge in [0.1, 0.15) is 19.3 Å². The van der Waals surface area contributed by atoms with E-state index in [1.165, 1.54) is 96.3 Å². The third-order valence-corrected chi connectivity index (χ3v) is 19.0. The molecule has 0 spiro atoms. The van der Waals surface area contributed by atoms with Crippen molar-refractivity contribution in [1.82, 2.24) is 0 Å². The summed E-state index contributed by atoms with van der Waals surface area (Å²) < 4.78 is 68.6. The van der Waals surface area contributed by atoms with Crippen LogP contribution >= 0.6 is 15.6 Å². The van der Waals surface area contributed by atoms with E-state index in [2.05, 4.69) is 149 Å². The SMILES string of the molecule is CC/C=C\C/C=C\C/C=C\C/C=C\C/C=C\CCCCCC(=O)OC[C@H](COP(=O)(O)OC[C@@H](O)COP(=O)(O)OC[C@@H](COC(=O)CCCCCCC/C=C\CCCCCCCC)OC(=O)CCCCCCC/C=C\CCCCCCCC)OC(=O)CCC/C=C\C/C=C\C/C=C\C/C=C\CCCCC. The maximum Gasteiger partial charge on any atom is 0.472 e. The fraction of sp³-hybridized carbons (Fsp3) is 0.701. The quantitative estimate of drug-likeness (QED) is 0.0169. The number of ether oxygens (including phenoxy) is 4. The molecule has 0 radical (unpaired) electrons. The molecule has 3 N–H and O–H groups in total. The van der Waals surface area contributed by atoms with Crippen LogP contribution in [0, 0.1) is 0 Å². The number of esters is 4. The topological polar surface area (TPSA) is 237 Å². The van der Waals surface area contributed by atoms with E-state index in [4.69, 9.17) is 37.0 Å². The van der Waals surface area contributed by atoms with Gasteiger partial charge < -0.3 is 33.8 Å². The molecule has 0 fully saturated rings. The summed E-state index contributed by atoms with van der Waals surface area (Å²) in [4.78, 5) is 73.1. The first kappa shape index (κ1) is 101. The highest BCUT2D eigenvalue weighted by Gasteiger charge is 2.30. The third kappa shape index (κ3) is 77.4. The van der Waals surface area contributed by atoms with Gasteiger partial charge in [0.25, 0.3) is 0 Å². The molecule has 19 heteroatoms. The standard InChI is InChI=1S/C87H148O17P2/c1-5-9-13-17-21-25-29-33-37-39-40-42-45-48-52-56-60-64-68-72-85(90)98-78-83(104-87(92)74-70-66-62-58-54-50-46-41-38-34-30-26-22-18-14-10-6-2)80-102-106(95,96)100-76-81(88)75-99-105(93,94)101-79-82(103-86(91)73-69-65-61-57-53-49-44-36-32-28-24-20-16-12-8-4)77-97-84(89)71-67-63-59-55-51-47-43-35-31-27-23-19-15-11-7-3/h9,13,21-22,25-26,33-38,40,42-44,46,48,50,52,58,62,81-83,88H,5-8,10-12,14-20,23-24,27-32,39,41,45,47,49,51,53-57,59-61,63-80H2,1-4H3,(H,93,94)(H,95,96)/b13-9-,25-21-,26-22-,37-33-,38-34-,42-40-,43-35-,44-36-,50-46-,52-48-,62-58-/t81-,82+,83+/m0/s1. The predicted octanol–water partition coefficient (Wildman–Crippen LogP) is 24.4. The van der Waals surface area contributed by atoms with Crippen LogP contribution in [-0.4, -0.2) is 96.7 Å². The lowest BCUT2D eigenvalue weighted by Gasteiger charge is -2.21. The Balaban J connectivity index is 5.46. The van der Waals surface area contributed by atoms with Gasteiger partial charge in [-0.05, 0) is 161 Å². The molecular formula is C87H148O17P2. The Morgan fingerprint density at radius 1 is 0.274 bits per heavy atom. The van der Waals surface area contributed by atoms with Crippen molar-refractivity contribution in [2.75, 3.05) is 39.6 Å². The fourth-order valence-electron chi connectivity index (χ4n) is 10.8. The van der Waals surface area contributed by atoms with Gasteiger partial charge in [-0.2, -0.15) is 0 Å². The van der Waals surface area contributed by atoms with Crippen LogP contribution in [0.15, 0.2) is 134 Å². The Morgan fingerprint density at radius 2 is 0.500 bits per heavy atom. The highest BCUT2D eigenvalue weighted by Crippen LogP contribution is 2.45. The number of carbonyl (C=O) groups excluding carboxylic acids is 4. The molecule has 17 nitrogen and oxygen atoms in total. The zero-order valence-corrected chi connectivity index (χ0v) is 68.4. The molecule has 0 saturated heterocycles. The molecule has 0 aromatic heterocycles. The Labute approximate surface area is 644 Å². The van der Waals surface area contributed by atoms with Crippen LogP contribution in [0.5, 0.6) is 0 Å². The maximum atomic E-state index is 13.1. The van der Waals surface area contributed by atoms with Gasteiger partial charge in [0.2, 0.25) is 0 Å². The Bertz CT molecular complexity index is 2530. The number of hydrogen-bond donors (Lipinski definition) is 3. The van der Waals surface area contributed by atoms with Crippen molar-refractivity contribution >= 4 is 39.5 Å². The molecule has 608 valence electrons. The molecular weight excluding hydrogens is 1380 g/mol. The molecule has 0 aromatic carbocycles. The number of phosphoric ester groups is 2. The van der Waals surface area contributed by atoms with Gasteiger partial charge in [0.15, 0.2) is 12.2 Å². The molecule has 0 amide bonds. The number of phosphoric acid groups is 2. The van der Waals surface area contributed by atoms with Crippen LogP contribution in [0.3, 0.4) is 0 Å². The summed E-state index contributed by atoms with van der Waals surface area (Å²) in [5, 5.41) is 10.7. The maximum absolute atomic E-state index is 13.1. The molecule has 5 atom stereocenters. The number of unbranched alkanes of at least 4 members (excludes halogenated alkanes) is 29. The summed E-state index contributed by atoms with van der Waals surface area (Å²) in [6.45, 7) is 4.63. The number of rotatable bonds is 77. The molecule has 106 heavy (non-hydrogen) atoms. The average molecular weight is 1530 g/mol. The van der Waals surface area contributed by atoms with Gasteiger partial charge in [-0.1, -0.05) is 283 Å². The van der Waals surface area contributed by atoms with E-state index in [-0.39, 0.29) is 25.7 Å². The first-order valence-electron chi connectivity index (χ1n) is 41.4. The summed E-state index contributed by atoms with van der Waals surface area (Å²) >= 11 is 0. The second-order valence-electron chi connectivity index (χ2n) is 27.3. The van der Waals surface area contributed by atoms with E-state index in [1.54, 1.807) is 0 Å². The van der Waals surface area contributed by atoms with Gasteiger partial charge in [0, 0.05) is 25.7 Å². The smallest absolute Gasteiger partial charge is 0.462 e. The first-order chi connectivity index (χ1) is 51.7. The van der Waals surface area contributed by atoms with Crippen LogP contribution in [-0.2, 0) is 65.4 Å². The highest BCUT2D eigenvalue weighted by molar-refractivity contribution is 7.47. The molecule has 0 aromatic rings. The fourth-order valence-corrected chi connectivity index (χ4v) is 12.3. The summed E-state index contributed by atoms with van der Waals surface area (Å²) in [6.07, 6.45) is 88.6. The van der Waals surface area contributed by atoms with Crippen molar-refractivity contribution in [3.8, 4) is 0 Å². The van der Waals surface area contributed by atoms with Crippen LogP contribution in [0.25, 0.3) is 0 Å². The van der Waals surface area contributed by atoms with E-state index in [9.17, 15) is 43.2 Å². The Kier molecular flexibility index (Phi) is 74.8. The first-order valence-corrected chi connectivity index (χ1v) is 44.4. The molecule has 0 bridgehead atoms. The normalized spacial score (nSPS) is 14.5. The number of hydrogen-bond acceptors (Lipinski definition) is 15. The third-order valence-electron chi connectivity index (χ3n) is 17.1. The van der Waals surface area contributed by atoms with Gasteiger partial charge in [0.05, 0.1) is 26.4 Å². The number of aliphatic hydroxyl groups is 1. The summed E-state index contributed by atoms with van der Waals surface area (Å²) in [6, 6.07) is 0. The summed E-state index contributed by atoms with van der Waals surface area (Å²) in [5.74, 6) is -2.29. The van der Waals surface area contributed by atoms with Crippen LogP contribution < -0.4 is 0 Å². The number of carbonyl (C=O) groups is 4. The van der Waals surface area contributed by atoms with Crippen molar-refractivity contribution in [2.45, 2.75) is 354 Å². The van der Waals surface area contributed by atoms with Crippen molar-refractivity contribution in [1.29, 1.82) is 0 Å². The van der Waals surface area contributed by atoms with Crippen LogP contribution in [0.1, 0.15) is 336 Å². The van der Waals surface area contributed by atoms with Crippen molar-refractivity contribution in [3.05, 3.63) is 134 Å². The van der Waals surface area contributed by atoms with Gasteiger partial charge in [-0.15, -0.1) is 0 Å². The van der Waals surface area contributed by atoms with Gasteiger partial charge in [-0.25, -0.2) is 9.13 Å². The zero-order chi connectivity index (χ0) is 77.4. The lowest BCUT2D eigenvalue weighted by Crippen LogP contribution is -2.30. The molecule has 0 aliphatic carbocycles. The summed E-state index contributed by atoms with van der Waals surface area (Å²) in [5.41, 5.74) is 0. The highest BCUT2D eigenvalue weighted by atomic mass is 31.2. The molecule has 0 heterocycles. The molecule has 0 saturated carbocycles. The minimum absolute atomic E-state index is 0.00789. The van der Waals surface area contributed by atoms with E-state index in [1.807, 2.05) is 12.2 Å². The Morgan fingerprint density at radius 3 is 0.830 bits per heavy atom. The van der Waals surface area contributed by atoms with Gasteiger partial charge in [-0.3, -0.25) is 37.3 Å². The average Bonchev–Trinajstić information content (AvgIpc) is 0.902. The number of aliphatic hydroxyl groups excluding tert-OH is 1. The minimum Gasteiger partial charge on any atom is -0.462 e. The second-order valence-corrected chi connectivity index (χ2v) is 30.2. The minimum atomic E-state index is -5.01. The lowest BCUT2D eigenvalue weighted by molar-refractivity contribution is -0.161. The lowest BCUT2D eigenvalue weighted by atomic mass is 10.1. The molecule has 0 aliphatic rings. The van der Waals surface area contributed by atoms with E-state index < -0.39 is 97.5 Å². The Hall–Kier alpha value is -4.80. The largest absolute Gasteiger partial charge is 0.472 e. The monoisotopic (exact) mass is 1530 g/mol. The van der Waals surface area contributed by atoms with E-state index in [0.29, 0.717) is 32.1 Å². The molecule has 0 aliphatic heterocycles. The number of allylic oxidation sites excluding steroid dienone is 22. The molecule has 2 unspecified atom stereocenters. The van der Waals surface area contributed by atoms with Crippen LogP contribution in [0.2, 0.25) is 0 Å². The van der Waals surface area contributed by atoms with Crippen molar-refractivity contribution in [3.63, 3.8) is 0 Å². The van der Waals surface area contributed by atoms with E-state index >= 15 is 0 Å². The van der Waals surface area contributed by atoms with Crippen molar-refractivity contribution < 1.29 is 80.2 Å². The van der Waals surface area contributed by atoms with Crippen molar-refractivity contribution in [2.24, 2.45) is 0 Å². The van der Waals surface area contributed by atoms with E-state index in [0.717, 1.165) is 154 Å². The zero-order valence-electron chi connectivity index (χ0n) is 66.6.